The second kappa shape index (κ2) is 6.92. The zero-order chi connectivity index (χ0) is 18.8. The van der Waals surface area contributed by atoms with Crippen LogP contribution < -0.4 is 5.32 Å². The van der Waals surface area contributed by atoms with E-state index in [-0.39, 0.29) is 11.7 Å². The van der Waals surface area contributed by atoms with Crippen molar-refractivity contribution in [2.24, 2.45) is 0 Å². The van der Waals surface area contributed by atoms with E-state index in [1.54, 1.807) is 21.4 Å². The van der Waals surface area contributed by atoms with Gasteiger partial charge in [-0.1, -0.05) is 24.3 Å². The summed E-state index contributed by atoms with van der Waals surface area (Å²) in [5, 5.41) is 7.26. The van der Waals surface area contributed by atoms with Crippen molar-refractivity contribution in [3.63, 3.8) is 0 Å². The Hall–Kier alpha value is -3.67. The fourth-order valence-electron chi connectivity index (χ4n) is 2.93. The average Bonchev–Trinajstić information content (AvgIpc) is 3.32. The highest BCUT2D eigenvalue weighted by Crippen LogP contribution is 2.22. The molecule has 6 heteroatoms. The summed E-state index contributed by atoms with van der Waals surface area (Å²) < 4.78 is 17.0. The molecule has 0 aliphatic carbocycles. The first-order chi connectivity index (χ1) is 13.1. The fraction of sp³-hybridized carbons (Fsp3) is 0.0476. The number of amides is 1. The molecule has 0 aliphatic rings. The van der Waals surface area contributed by atoms with Gasteiger partial charge in [0.1, 0.15) is 11.4 Å². The summed E-state index contributed by atoms with van der Waals surface area (Å²) in [5.74, 6) is -0.111. The van der Waals surface area contributed by atoms with Gasteiger partial charge in [0, 0.05) is 18.1 Å². The van der Waals surface area contributed by atoms with Crippen LogP contribution in [0, 0.1) is 12.7 Å². The van der Waals surface area contributed by atoms with E-state index in [0.29, 0.717) is 17.1 Å². The minimum absolute atomic E-state index is 0.282. The zero-order valence-corrected chi connectivity index (χ0v) is 14.6. The number of aromatic nitrogens is 3. The van der Waals surface area contributed by atoms with Crippen molar-refractivity contribution in [3.8, 4) is 11.5 Å². The van der Waals surface area contributed by atoms with Gasteiger partial charge in [-0.2, -0.15) is 5.10 Å². The molecule has 0 spiro atoms. The second-order valence-corrected chi connectivity index (χ2v) is 6.13. The van der Waals surface area contributed by atoms with Crippen LogP contribution in [0.15, 0.2) is 79.3 Å². The van der Waals surface area contributed by atoms with Crippen LogP contribution in [0.4, 0.5) is 10.1 Å². The molecule has 0 radical (unpaired) electrons. The van der Waals surface area contributed by atoms with Crippen molar-refractivity contribution >= 4 is 11.6 Å². The number of carbonyl (C=O) groups is 1. The Labute approximate surface area is 155 Å². The first-order valence-electron chi connectivity index (χ1n) is 8.48. The molecule has 134 valence electrons. The lowest BCUT2D eigenvalue weighted by molar-refractivity contribution is 0.102. The van der Waals surface area contributed by atoms with E-state index >= 15 is 0 Å². The van der Waals surface area contributed by atoms with E-state index in [9.17, 15) is 9.18 Å². The normalized spacial score (nSPS) is 10.7. The number of halogens is 1. The lowest BCUT2D eigenvalue weighted by atomic mass is 10.2. The molecule has 0 bridgehead atoms. The minimum atomic E-state index is -0.368. The minimum Gasteiger partial charge on any atom is -0.322 e. The maximum absolute atomic E-state index is 13.7. The predicted octanol–water partition coefficient (Wildman–Crippen LogP) is 4.36. The van der Waals surface area contributed by atoms with Crippen molar-refractivity contribution in [2.75, 3.05) is 5.32 Å². The third-order valence-corrected chi connectivity index (χ3v) is 4.28. The third-order valence-electron chi connectivity index (χ3n) is 4.28. The molecule has 0 unspecified atom stereocenters. The van der Waals surface area contributed by atoms with Gasteiger partial charge in [-0.05, 0) is 48.9 Å². The average molecular weight is 360 g/mol. The molecular formula is C21H17FN4O. The van der Waals surface area contributed by atoms with Crippen molar-refractivity contribution in [1.82, 2.24) is 14.3 Å². The standard InChI is InChI=1S/C21H17FN4O/c1-15-7-2-3-10-19(15)24-20(27)18-14-23-26(17-9-6-8-16(22)13-17)21(18)25-11-4-5-12-25/h2-14H,1H3,(H,24,27). The van der Waals surface area contributed by atoms with E-state index in [4.69, 9.17) is 0 Å². The molecule has 2 aromatic carbocycles. The molecule has 1 N–H and O–H groups in total. The highest BCUT2D eigenvalue weighted by Gasteiger charge is 2.20. The number of rotatable bonds is 4. The largest absolute Gasteiger partial charge is 0.322 e. The number of benzene rings is 2. The maximum Gasteiger partial charge on any atom is 0.261 e. The van der Waals surface area contributed by atoms with E-state index in [0.717, 1.165) is 11.3 Å². The number of hydrogen-bond acceptors (Lipinski definition) is 2. The molecule has 4 aromatic rings. The number of aryl methyl sites for hydroxylation is 1. The summed E-state index contributed by atoms with van der Waals surface area (Å²) in [6.07, 6.45) is 5.13. The summed E-state index contributed by atoms with van der Waals surface area (Å²) in [6.45, 7) is 1.93. The molecular weight excluding hydrogens is 343 g/mol. The number of nitrogens with one attached hydrogen (secondary N) is 1. The number of nitrogens with zero attached hydrogens (tertiary/aromatic N) is 3. The first-order valence-corrected chi connectivity index (χ1v) is 8.48. The molecule has 0 fully saturated rings. The summed E-state index contributed by atoms with van der Waals surface area (Å²) in [5.41, 5.74) is 2.62. The van der Waals surface area contributed by atoms with Crippen LogP contribution in [0.25, 0.3) is 11.5 Å². The molecule has 0 aliphatic heterocycles. The molecule has 0 saturated carbocycles. The van der Waals surface area contributed by atoms with E-state index < -0.39 is 0 Å². The summed E-state index contributed by atoms with van der Waals surface area (Å²) >= 11 is 0. The van der Waals surface area contributed by atoms with Gasteiger partial charge in [0.2, 0.25) is 0 Å². The van der Waals surface area contributed by atoms with Crippen LogP contribution in [0.1, 0.15) is 15.9 Å². The van der Waals surface area contributed by atoms with Gasteiger partial charge in [0.05, 0.1) is 11.9 Å². The quantitative estimate of drug-likeness (QED) is 0.588. The SMILES string of the molecule is Cc1ccccc1NC(=O)c1cnn(-c2cccc(F)c2)c1-n1cccc1. The van der Waals surface area contributed by atoms with Crippen LogP contribution in [-0.4, -0.2) is 20.3 Å². The maximum atomic E-state index is 13.7. The van der Waals surface area contributed by atoms with E-state index in [1.165, 1.54) is 18.3 Å². The molecule has 0 saturated heterocycles. The lowest BCUT2D eigenvalue weighted by Crippen LogP contribution is -2.16. The Bertz CT molecular complexity index is 1100. The van der Waals surface area contributed by atoms with Gasteiger partial charge in [-0.25, -0.2) is 9.07 Å². The molecule has 2 heterocycles. The van der Waals surface area contributed by atoms with Crippen LogP contribution >= 0.6 is 0 Å². The Balaban J connectivity index is 1.80. The van der Waals surface area contributed by atoms with Crippen molar-refractivity contribution in [2.45, 2.75) is 6.92 Å². The van der Waals surface area contributed by atoms with Crippen LogP contribution in [0.5, 0.6) is 0 Å². The smallest absolute Gasteiger partial charge is 0.261 e. The third kappa shape index (κ3) is 3.25. The monoisotopic (exact) mass is 360 g/mol. The molecule has 2 aromatic heterocycles. The fourth-order valence-corrected chi connectivity index (χ4v) is 2.93. The first kappa shape index (κ1) is 16.8. The van der Waals surface area contributed by atoms with Gasteiger partial charge in [-0.3, -0.25) is 4.79 Å². The van der Waals surface area contributed by atoms with Crippen molar-refractivity contribution < 1.29 is 9.18 Å². The van der Waals surface area contributed by atoms with Crippen molar-refractivity contribution in [3.05, 3.63) is 96.2 Å². The Morgan fingerprint density at radius 2 is 1.81 bits per heavy atom. The lowest BCUT2D eigenvalue weighted by Gasteiger charge is -2.12. The second-order valence-electron chi connectivity index (χ2n) is 6.13. The van der Waals surface area contributed by atoms with E-state index in [1.807, 2.05) is 55.7 Å². The van der Waals surface area contributed by atoms with Crippen molar-refractivity contribution in [1.29, 1.82) is 0 Å². The van der Waals surface area contributed by atoms with Crippen LogP contribution in [0.2, 0.25) is 0 Å². The molecule has 27 heavy (non-hydrogen) atoms. The number of para-hydroxylation sites is 1. The Morgan fingerprint density at radius 1 is 1.04 bits per heavy atom. The van der Waals surface area contributed by atoms with Gasteiger partial charge >= 0.3 is 0 Å². The highest BCUT2D eigenvalue weighted by atomic mass is 19.1. The molecule has 1 amide bonds. The topological polar surface area (TPSA) is 51.9 Å². The van der Waals surface area contributed by atoms with Gasteiger partial charge < -0.3 is 9.88 Å². The number of hydrogen-bond donors (Lipinski definition) is 1. The molecule has 4 rings (SSSR count). The number of anilines is 1. The van der Waals surface area contributed by atoms with E-state index in [2.05, 4.69) is 10.4 Å². The van der Waals surface area contributed by atoms with Gasteiger partial charge in [0.25, 0.3) is 5.91 Å². The van der Waals surface area contributed by atoms with Gasteiger partial charge in [0.15, 0.2) is 5.82 Å². The summed E-state index contributed by atoms with van der Waals surface area (Å²) in [6, 6.07) is 17.4. The Morgan fingerprint density at radius 3 is 2.56 bits per heavy atom. The zero-order valence-electron chi connectivity index (χ0n) is 14.6. The summed E-state index contributed by atoms with van der Waals surface area (Å²) in [7, 11) is 0. The van der Waals surface area contributed by atoms with Crippen LogP contribution in [-0.2, 0) is 0 Å². The summed E-state index contributed by atoms with van der Waals surface area (Å²) in [4.78, 5) is 12.9. The Kier molecular flexibility index (Phi) is 4.30. The van der Waals surface area contributed by atoms with Crippen LogP contribution in [0.3, 0.4) is 0 Å². The van der Waals surface area contributed by atoms with Gasteiger partial charge in [-0.15, -0.1) is 0 Å². The number of carbonyl (C=O) groups excluding carboxylic acids is 1. The molecule has 5 nitrogen and oxygen atoms in total. The highest BCUT2D eigenvalue weighted by molar-refractivity contribution is 6.06. The predicted molar refractivity (Wildman–Crippen MR) is 102 cm³/mol. The molecule has 0 atom stereocenters.